The molecule has 0 saturated carbocycles. The van der Waals surface area contributed by atoms with Gasteiger partial charge in [-0.25, -0.2) is 0 Å². The molecule has 0 unspecified atom stereocenters. The van der Waals surface area contributed by atoms with Crippen LogP contribution in [0.2, 0.25) is 0 Å². The highest BCUT2D eigenvalue weighted by atomic mass is 32.1. The van der Waals surface area contributed by atoms with Crippen molar-refractivity contribution in [2.24, 2.45) is 0 Å². The van der Waals surface area contributed by atoms with Crippen LogP contribution in [0.5, 0.6) is 0 Å². The third-order valence-electron chi connectivity index (χ3n) is 3.62. The van der Waals surface area contributed by atoms with E-state index in [9.17, 15) is 4.79 Å². The molecule has 0 N–H and O–H groups in total. The van der Waals surface area contributed by atoms with Gasteiger partial charge in [-0.2, -0.15) is 0 Å². The van der Waals surface area contributed by atoms with Gasteiger partial charge in [0.15, 0.2) is 5.69 Å². The largest absolute Gasteiger partial charge is 0.377 e. The van der Waals surface area contributed by atoms with Gasteiger partial charge in [-0.05, 0) is 24.4 Å². The molecule has 98 valence electrons. The Balaban J connectivity index is 1.82. The topological polar surface area (TPSA) is 64.5 Å². The van der Waals surface area contributed by atoms with Crippen molar-refractivity contribution in [1.82, 2.24) is 14.5 Å². The molecular formula is C11H15N3O3S. The highest BCUT2D eigenvalue weighted by Gasteiger charge is 2.46. The minimum Gasteiger partial charge on any atom is -0.377 e. The van der Waals surface area contributed by atoms with Crippen LogP contribution >= 0.6 is 11.5 Å². The van der Waals surface area contributed by atoms with Crippen molar-refractivity contribution in [2.45, 2.75) is 31.1 Å². The molecule has 0 spiro atoms. The quantitative estimate of drug-likeness (QED) is 0.785. The second kappa shape index (κ2) is 4.91. The number of fused-ring (bicyclic) bond motifs is 1. The number of carbonyl (C=O) groups is 1. The maximum Gasteiger partial charge on any atom is 0.275 e. The summed E-state index contributed by atoms with van der Waals surface area (Å²) in [5.41, 5.74) is 0.418. The van der Waals surface area contributed by atoms with Crippen molar-refractivity contribution in [2.75, 3.05) is 20.3 Å². The van der Waals surface area contributed by atoms with Crippen LogP contribution in [0.1, 0.15) is 23.3 Å². The molecule has 1 amide bonds. The number of rotatable bonds is 2. The van der Waals surface area contributed by atoms with Crippen molar-refractivity contribution in [1.29, 1.82) is 0 Å². The van der Waals surface area contributed by atoms with Crippen LogP contribution in [0, 0.1) is 0 Å². The summed E-state index contributed by atoms with van der Waals surface area (Å²) in [4.78, 5) is 14.2. The molecule has 2 saturated heterocycles. The zero-order valence-corrected chi connectivity index (χ0v) is 10.9. The molecule has 3 heterocycles. The first-order chi connectivity index (χ1) is 8.81. The predicted octanol–water partition coefficient (Wildman–Crippen LogP) is 0.556. The Morgan fingerprint density at radius 2 is 2.56 bits per heavy atom. The van der Waals surface area contributed by atoms with Crippen LogP contribution in [-0.2, 0) is 9.47 Å². The van der Waals surface area contributed by atoms with Crippen molar-refractivity contribution in [3.63, 3.8) is 0 Å². The Bertz CT molecular complexity index is 425. The van der Waals surface area contributed by atoms with Crippen LogP contribution in [0.25, 0.3) is 0 Å². The van der Waals surface area contributed by atoms with Gasteiger partial charge in [-0.3, -0.25) is 4.79 Å². The fourth-order valence-corrected chi connectivity index (χ4v) is 3.19. The van der Waals surface area contributed by atoms with Crippen molar-refractivity contribution in [3.05, 3.63) is 11.1 Å². The smallest absolute Gasteiger partial charge is 0.275 e. The Hall–Kier alpha value is -1.05. The summed E-state index contributed by atoms with van der Waals surface area (Å²) in [7, 11) is 1.66. The van der Waals surface area contributed by atoms with E-state index in [1.807, 2.05) is 4.90 Å². The van der Waals surface area contributed by atoms with Crippen LogP contribution in [0.3, 0.4) is 0 Å². The molecule has 7 heteroatoms. The van der Waals surface area contributed by atoms with Gasteiger partial charge in [-0.1, -0.05) is 4.49 Å². The number of hydrogen-bond donors (Lipinski definition) is 0. The van der Waals surface area contributed by atoms with Crippen LogP contribution in [-0.4, -0.2) is 58.9 Å². The van der Waals surface area contributed by atoms with E-state index in [2.05, 4.69) is 9.59 Å². The Kier molecular flexibility index (Phi) is 3.27. The molecule has 0 radical (unpaired) electrons. The van der Waals surface area contributed by atoms with E-state index in [0.717, 1.165) is 19.4 Å². The number of likely N-dealkylation sites (tertiary alicyclic amines) is 1. The molecule has 1 aromatic heterocycles. The number of amides is 1. The van der Waals surface area contributed by atoms with Gasteiger partial charge in [0.05, 0.1) is 12.6 Å². The highest BCUT2D eigenvalue weighted by molar-refractivity contribution is 7.03. The summed E-state index contributed by atoms with van der Waals surface area (Å²) in [5.74, 6) is -0.0659. The monoisotopic (exact) mass is 269 g/mol. The summed E-state index contributed by atoms with van der Waals surface area (Å²) >= 11 is 1.19. The van der Waals surface area contributed by atoms with Gasteiger partial charge in [0, 0.05) is 19.1 Å². The second-order valence-electron chi connectivity index (χ2n) is 4.57. The fourth-order valence-electron chi connectivity index (χ4n) is 2.76. The lowest BCUT2D eigenvalue weighted by atomic mass is 10.0. The third kappa shape index (κ3) is 1.92. The normalized spacial score (nSPS) is 31.4. The lowest BCUT2D eigenvalue weighted by Gasteiger charge is -2.31. The van der Waals surface area contributed by atoms with E-state index in [0.29, 0.717) is 12.2 Å². The molecule has 2 aliphatic heterocycles. The third-order valence-corrected chi connectivity index (χ3v) is 4.12. The Labute approximate surface area is 109 Å². The number of nitrogens with zero attached hydrogens (tertiary/aromatic N) is 3. The van der Waals surface area contributed by atoms with Gasteiger partial charge < -0.3 is 14.4 Å². The van der Waals surface area contributed by atoms with Crippen molar-refractivity contribution >= 4 is 17.4 Å². The lowest BCUT2D eigenvalue weighted by molar-refractivity contribution is -0.0639. The van der Waals surface area contributed by atoms with Gasteiger partial charge in [0.1, 0.15) is 12.2 Å². The Morgan fingerprint density at radius 3 is 3.28 bits per heavy atom. The summed E-state index contributed by atoms with van der Waals surface area (Å²) in [6.45, 7) is 1.32. The number of methoxy groups -OCH3 is 1. The van der Waals surface area contributed by atoms with Gasteiger partial charge in [-0.15, -0.1) is 5.10 Å². The van der Waals surface area contributed by atoms with E-state index in [1.54, 1.807) is 12.5 Å². The molecule has 3 rings (SSSR count). The van der Waals surface area contributed by atoms with Gasteiger partial charge in [0.2, 0.25) is 0 Å². The molecular weight excluding hydrogens is 254 g/mol. The second-order valence-corrected chi connectivity index (χ2v) is 5.18. The van der Waals surface area contributed by atoms with Gasteiger partial charge in [0.25, 0.3) is 5.91 Å². The first-order valence-electron chi connectivity index (χ1n) is 6.03. The molecule has 0 aliphatic carbocycles. The minimum atomic E-state index is -0.0659. The van der Waals surface area contributed by atoms with Crippen LogP contribution in [0.15, 0.2) is 5.38 Å². The highest BCUT2D eigenvalue weighted by Crippen LogP contribution is 2.31. The maximum absolute atomic E-state index is 12.3. The van der Waals surface area contributed by atoms with E-state index in [1.165, 1.54) is 11.5 Å². The summed E-state index contributed by atoms with van der Waals surface area (Å²) in [5, 5.41) is 5.53. The van der Waals surface area contributed by atoms with Crippen molar-refractivity contribution < 1.29 is 14.3 Å². The average molecular weight is 269 g/mol. The van der Waals surface area contributed by atoms with E-state index in [-0.39, 0.29) is 24.2 Å². The van der Waals surface area contributed by atoms with Crippen LogP contribution < -0.4 is 0 Å². The zero-order chi connectivity index (χ0) is 12.5. The number of aromatic nitrogens is 2. The van der Waals surface area contributed by atoms with Gasteiger partial charge >= 0.3 is 0 Å². The molecule has 6 nitrogen and oxygen atoms in total. The predicted molar refractivity (Wildman–Crippen MR) is 64.5 cm³/mol. The fraction of sp³-hybridized carbons (Fsp3) is 0.727. The van der Waals surface area contributed by atoms with E-state index in [4.69, 9.17) is 9.47 Å². The first kappa shape index (κ1) is 12.0. The molecule has 2 aliphatic rings. The standard InChI is InChI=1S/C11H15N3O3S/c1-16-9-5-14(8-3-2-4-17-10(8)9)11(15)7-6-18-13-12-7/h6,8-10H,2-5H2,1H3/t8-,9+,10+/m1/s1. The summed E-state index contributed by atoms with van der Waals surface area (Å²) < 4.78 is 14.9. The minimum absolute atomic E-state index is 0.000653. The Morgan fingerprint density at radius 1 is 1.67 bits per heavy atom. The summed E-state index contributed by atoms with van der Waals surface area (Å²) in [6, 6.07) is 0.109. The summed E-state index contributed by atoms with van der Waals surface area (Å²) in [6.07, 6.45) is 1.91. The average Bonchev–Trinajstić information content (AvgIpc) is 3.05. The van der Waals surface area contributed by atoms with Crippen LogP contribution in [0.4, 0.5) is 0 Å². The number of ether oxygens (including phenoxy) is 2. The SMILES string of the molecule is CO[C@H]1CN(C(=O)c2csnn2)[C@@H]2CCCO[C@H]12. The first-order valence-corrected chi connectivity index (χ1v) is 6.87. The van der Waals surface area contributed by atoms with E-state index >= 15 is 0 Å². The number of hydrogen-bond acceptors (Lipinski definition) is 6. The molecule has 0 aromatic carbocycles. The van der Waals surface area contributed by atoms with E-state index < -0.39 is 0 Å². The molecule has 1 aromatic rings. The molecule has 2 fully saturated rings. The lowest BCUT2D eigenvalue weighted by Crippen LogP contribution is -2.43. The maximum atomic E-state index is 12.3. The number of carbonyl (C=O) groups excluding carboxylic acids is 1. The van der Waals surface area contributed by atoms with Crippen molar-refractivity contribution in [3.8, 4) is 0 Å². The molecule has 3 atom stereocenters. The molecule has 0 bridgehead atoms. The molecule has 18 heavy (non-hydrogen) atoms. The zero-order valence-electron chi connectivity index (χ0n) is 10.1.